The zero-order valence-electron chi connectivity index (χ0n) is 7.51. The molecule has 0 radical (unpaired) electrons. The molecule has 1 heterocycles. The van der Waals surface area contributed by atoms with Gasteiger partial charge in [-0.25, -0.2) is 9.78 Å². The Morgan fingerprint density at radius 2 is 2.43 bits per heavy atom. The Hall–Kier alpha value is -0.690. The van der Waals surface area contributed by atoms with Gasteiger partial charge in [-0.1, -0.05) is 12.8 Å². The van der Waals surface area contributed by atoms with Crippen molar-refractivity contribution >= 4 is 35.8 Å². The first-order valence-corrected chi connectivity index (χ1v) is 4.34. The van der Waals surface area contributed by atoms with Crippen LogP contribution in [0.1, 0.15) is 12.2 Å². The molecule has 0 aromatic carbocycles. The molecule has 3 N–H and O–H groups in total. The fraction of sp³-hybridized carbons (Fsp3) is 0.429. The van der Waals surface area contributed by atoms with Crippen molar-refractivity contribution in [2.24, 2.45) is 5.73 Å². The number of amides is 2. The van der Waals surface area contributed by atoms with Gasteiger partial charge in [0.1, 0.15) is 5.82 Å². The van der Waals surface area contributed by atoms with Crippen LogP contribution in [0.4, 0.5) is 4.79 Å². The van der Waals surface area contributed by atoms with Crippen molar-refractivity contribution in [2.75, 3.05) is 6.54 Å². The number of H-pyrrole nitrogens is 1. The van der Waals surface area contributed by atoms with Crippen LogP contribution in [-0.4, -0.2) is 26.8 Å². The third-order valence-electron chi connectivity index (χ3n) is 1.59. The van der Waals surface area contributed by atoms with E-state index >= 15 is 0 Å². The summed E-state index contributed by atoms with van der Waals surface area (Å²) in [4.78, 5) is 17.6. The molecule has 7 heteroatoms. The Morgan fingerprint density at radius 1 is 1.71 bits per heavy atom. The van der Waals surface area contributed by atoms with Crippen molar-refractivity contribution in [1.82, 2.24) is 14.3 Å². The Morgan fingerprint density at radius 3 is 2.93 bits per heavy atom. The number of aromatic amines is 1. The molecule has 14 heavy (non-hydrogen) atoms. The number of urea groups is 1. The van der Waals surface area contributed by atoms with Crippen molar-refractivity contribution in [3.63, 3.8) is 0 Å². The van der Waals surface area contributed by atoms with E-state index in [1.54, 1.807) is 12.4 Å². The minimum Gasteiger partial charge on any atom is -0.351 e. The van der Waals surface area contributed by atoms with Crippen LogP contribution in [0.15, 0.2) is 12.4 Å². The number of nitrogens with two attached hydrogens (primary N) is 1. The van der Waals surface area contributed by atoms with Crippen LogP contribution in [0, 0.1) is 0 Å². The number of carbonyl (C=O) groups is 1. The summed E-state index contributed by atoms with van der Waals surface area (Å²) in [6, 6.07) is -0.525. The van der Waals surface area contributed by atoms with Gasteiger partial charge >= 0.3 is 6.03 Å². The van der Waals surface area contributed by atoms with Crippen molar-refractivity contribution in [2.45, 2.75) is 12.8 Å². The number of imidazole rings is 1. The average Bonchev–Trinajstić information content (AvgIpc) is 2.56. The van der Waals surface area contributed by atoms with Crippen LogP contribution < -0.4 is 5.73 Å². The van der Waals surface area contributed by atoms with E-state index < -0.39 is 6.03 Å². The first-order chi connectivity index (χ1) is 6.20. The Bertz CT molecular complexity index is 267. The highest BCUT2D eigenvalue weighted by molar-refractivity contribution is 8.93. The Kier molecular flexibility index (Phi) is 6.39. The molecule has 0 bridgehead atoms. The predicted octanol–water partition coefficient (Wildman–Crippen LogP) is 1.15. The predicted molar refractivity (Wildman–Crippen MR) is 62.5 cm³/mol. The van der Waals surface area contributed by atoms with Crippen LogP contribution >= 0.6 is 29.8 Å². The molecule has 0 saturated heterocycles. The number of aryl methyl sites for hydroxylation is 1. The maximum atomic E-state index is 10.5. The maximum Gasteiger partial charge on any atom is 0.324 e. The number of nitrogens with one attached hydrogen (secondary N) is 1. The zero-order chi connectivity index (χ0) is 9.68. The molecule has 1 aromatic rings. The molecule has 2 amide bonds. The van der Waals surface area contributed by atoms with Gasteiger partial charge in [-0.2, -0.15) is 0 Å². The minimum absolute atomic E-state index is 0. The molecule has 80 valence electrons. The molecular weight excluding hydrogens is 268 g/mol. The summed E-state index contributed by atoms with van der Waals surface area (Å²) in [7, 11) is 0. The third-order valence-corrected chi connectivity index (χ3v) is 1.99. The quantitative estimate of drug-likeness (QED) is 0.724. The lowest BCUT2D eigenvalue weighted by molar-refractivity contribution is 0.235. The van der Waals surface area contributed by atoms with Gasteiger partial charge in [-0.05, 0) is 6.42 Å². The van der Waals surface area contributed by atoms with Crippen molar-refractivity contribution in [3.05, 3.63) is 18.2 Å². The van der Waals surface area contributed by atoms with Crippen LogP contribution in [0.3, 0.4) is 0 Å². The molecular formula is C7H13BrN4OS. The van der Waals surface area contributed by atoms with Gasteiger partial charge in [0.25, 0.3) is 0 Å². The lowest BCUT2D eigenvalue weighted by Gasteiger charge is -2.10. The molecule has 0 saturated carbocycles. The van der Waals surface area contributed by atoms with Gasteiger partial charge in [0.2, 0.25) is 0 Å². The summed E-state index contributed by atoms with van der Waals surface area (Å²) >= 11 is 3.88. The second-order valence-corrected chi connectivity index (χ2v) is 3.08. The van der Waals surface area contributed by atoms with Gasteiger partial charge in [-0.15, -0.1) is 17.0 Å². The van der Waals surface area contributed by atoms with Crippen molar-refractivity contribution in [1.29, 1.82) is 0 Å². The number of carbonyl (C=O) groups excluding carboxylic acids is 1. The number of thiol groups is 1. The smallest absolute Gasteiger partial charge is 0.324 e. The van der Waals surface area contributed by atoms with Gasteiger partial charge in [0.15, 0.2) is 0 Å². The Labute approximate surface area is 98.4 Å². The largest absolute Gasteiger partial charge is 0.351 e. The summed E-state index contributed by atoms with van der Waals surface area (Å²) in [6.45, 7) is 0.527. The fourth-order valence-corrected chi connectivity index (χ4v) is 1.08. The molecule has 1 rings (SSSR count). The first-order valence-electron chi connectivity index (χ1n) is 3.94. The molecule has 0 spiro atoms. The molecule has 0 fully saturated rings. The lowest BCUT2D eigenvalue weighted by Crippen LogP contribution is -2.28. The number of rotatable bonds is 4. The summed E-state index contributed by atoms with van der Waals surface area (Å²) in [5, 5.41) is 0. The second kappa shape index (κ2) is 6.72. The normalized spacial score (nSPS) is 9.21. The van der Waals surface area contributed by atoms with Crippen LogP contribution in [0.5, 0.6) is 0 Å². The van der Waals surface area contributed by atoms with Gasteiger partial charge in [0.05, 0.1) is 0 Å². The van der Waals surface area contributed by atoms with Gasteiger partial charge in [-0.3, -0.25) is 4.31 Å². The highest BCUT2D eigenvalue weighted by Gasteiger charge is 2.03. The molecule has 5 nitrogen and oxygen atoms in total. The minimum atomic E-state index is -0.525. The highest BCUT2D eigenvalue weighted by atomic mass is 79.9. The van der Waals surface area contributed by atoms with E-state index in [0.29, 0.717) is 6.54 Å². The molecule has 0 aliphatic rings. The average molecular weight is 281 g/mol. The van der Waals surface area contributed by atoms with Gasteiger partial charge < -0.3 is 10.7 Å². The van der Waals surface area contributed by atoms with Crippen molar-refractivity contribution in [3.8, 4) is 0 Å². The van der Waals surface area contributed by atoms with E-state index in [1.165, 1.54) is 4.31 Å². The summed E-state index contributed by atoms with van der Waals surface area (Å²) in [5.41, 5.74) is 4.98. The van der Waals surface area contributed by atoms with Crippen LogP contribution in [-0.2, 0) is 6.42 Å². The van der Waals surface area contributed by atoms with E-state index in [2.05, 4.69) is 22.8 Å². The molecule has 0 unspecified atom stereocenters. The van der Waals surface area contributed by atoms with Crippen LogP contribution in [0.25, 0.3) is 0 Å². The number of hydrogen-bond donors (Lipinski definition) is 3. The maximum absolute atomic E-state index is 10.5. The molecule has 0 aliphatic carbocycles. The summed E-state index contributed by atoms with van der Waals surface area (Å²) < 4.78 is 1.18. The standard InChI is InChI=1S/C7H12N4OS.BrH/c8-7(12)11(13)5-1-2-6-9-3-4-10-6;/h3-4,13H,1-2,5H2,(H2,8,12)(H,9,10);1H. The first kappa shape index (κ1) is 13.3. The number of hydrogen-bond acceptors (Lipinski definition) is 3. The fourth-order valence-electron chi connectivity index (χ4n) is 0.941. The van der Waals surface area contributed by atoms with E-state index in [0.717, 1.165) is 18.7 Å². The molecule has 1 aromatic heterocycles. The number of halogens is 1. The van der Waals surface area contributed by atoms with E-state index in [-0.39, 0.29) is 17.0 Å². The zero-order valence-corrected chi connectivity index (χ0v) is 10.1. The van der Waals surface area contributed by atoms with E-state index in [1.807, 2.05) is 0 Å². The third kappa shape index (κ3) is 4.52. The van der Waals surface area contributed by atoms with Crippen LogP contribution in [0.2, 0.25) is 0 Å². The van der Waals surface area contributed by atoms with Gasteiger partial charge in [0, 0.05) is 25.4 Å². The summed E-state index contributed by atoms with van der Waals surface area (Å²) in [6.07, 6.45) is 5.04. The topological polar surface area (TPSA) is 75.0 Å². The number of aromatic nitrogens is 2. The Balaban J connectivity index is 0.00000169. The lowest BCUT2D eigenvalue weighted by atomic mass is 10.3. The van der Waals surface area contributed by atoms with E-state index in [9.17, 15) is 4.79 Å². The second-order valence-electron chi connectivity index (χ2n) is 2.60. The molecule has 0 atom stereocenters. The number of nitrogens with zero attached hydrogens (tertiary/aromatic N) is 2. The molecule has 0 aliphatic heterocycles. The SMILES string of the molecule is Br.NC(=O)N(S)CCCc1ncc[nH]1. The number of primary amides is 1. The summed E-state index contributed by atoms with van der Waals surface area (Å²) in [5.74, 6) is 0.909. The highest BCUT2D eigenvalue weighted by Crippen LogP contribution is 1.99. The van der Waals surface area contributed by atoms with Crippen molar-refractivity contribution < 1.29 is 4.79 Å². The monoisotopic (exact) mass is 280 g/mol. The van der Waals surface area contributed by atoms with E-state index in [4.69, 9.17) is 5.73 Å².